The second-order valence-electron chi connectivity index (χ2n) is 6.84. The minimum absolute atomic E-state index is 0.0245. The summed E-state index contributed by atoms with van der Waals surface area (Å²) < 4.78 is 0. The summed E-state index contributed by atoms with van der Waals surface area (Å²) in [7, 11) is 0. The molecule has 5 nitrogen and oxygen atoms in total. The summed E-state index contributed by atoms with van der Waals surface area (Å²) in [6, 6.07) is 19.0. The molecule has 2 atom stereocenters. The average molecular weight is 352 g/mol. The first kappa shape index (κ1) is 18.1. The molecule has 0 radical (unpaired) electrons. The predicted octanol–water partition coefficient (Wildman–Crippen LogP) is 2.88. The van der Waals surface area contributed by atoms with E-state index in [0.29, 0.717) is 25.2 Å². The number of rotatable bonds is 5. The SMILES string of the molecule is C[C@@H]1CN(Cc2ccccc2)[C@H](CC(=O)O)CN1C(=O)c1ccccc1. The van der Waals surface area contributed by atoms with Gasteiger partial charge >= 0.3 is 5.97 Å². The highest BCUT2D eigenvalue weighted by molar-refractivity contribution is 5.94. The molecule has 0 aliphatic carbocycles. The Morgan fingerprint density at radius 2 is 1.62 bits per heavy atom. The number of carboxylic acids is 1. The largest absolute Gasteiger partial charge is 0.481 e. The summed E-state index contributed by atoms with van der Waals surface area (Å²) >= 11 is 0. The Morgan fingerprint density at radius 1 is 1.00 bits per heavy atom. The number of hydrogen-bond donors (Lipinski definition) is 1. The Kier molecular flexibility index (Phi) is 5.68. The van der Waals surface area contributed by atoms with Crippen LogP contribution in [-0.4, -0.2) is 52.0 Å². The monoisotopic (exact) mass is 352 g/mol. The maximum atomic E-state index is 12.9. The van der Waals surface area contributed by atoms with Crippen molar-refractivity contribution in [1.29, 1.82) is 0 Å². The van der Waals surface area contributed by atoms with E-state index in [9.17, 15) is 14.7 Å². The molecule has 0 saturated carbocycles. The lowest BCUT2D eigenvalue weighted by atomic mass is 10.0. The molecule has 0 bridgehead atoms. The number of aliphatic carboxylic acids is 1. The van der Waals surface area contributed by atoms with E-state index in [-0.39, 0.29) is 24.4 Å². The molecule has 1 N–H and O–H groups in total. The molecule has 136 valence electrons. The Hall–Kier alpha value is -2.66. The molecule has 1 amide bonds. The number of benzene rings is 2. The second-order valence-corrected chi connectivity index (χ2v) is 6.84. The summed E-state index contributed by atoms with van der Waals surface area (Å²) in [4.78, 5) is 28.2. The van der Waals surface area contributed by atoms with Crippen LogP contribution in [-0.2, 0) is 11.3 Å². The van der Waals surface area contributed by atoms with Gasteiger partial charge in [-0.25, -0.2) is 0 Å². The van der Waals surface area contributed by atoms with Crippen LogP contribution in [0.2, 0.25) is 0 Å². The van der Waals surface area contributed by atoms with Gasteiger partial charge in [0.2, 0.25) is 0 Å². The van der Waals surface area contributed by atoms with Crippen molar-refractivity contribution in [3.05, 3.63) is 71.8 Å². The van der Waals surface area contributed by atoms with Gasteiger partial charge in [-0.3, -0.25) is 14.5 Å². The Bertz CT molecular complexity index is 748. The highest BCUT2D eigenvalue weighted by Gasteiger charge is 2.35. The molecule has 2 aromatic carbocycles. The average Bonchev–Trinajstić information content (AvgIpc) is 2.64. The van der Waals surface area contributed by atoms with Gasteiger partial charge in [-0.05, 0) is 24.6 Å². The lowest BCUT2D eigenvalue weighted by Crippen LogP contribution is -2.59. The van der Waals surface area contributed by atoms with Crippen molar-refractivity contribution in [3.8, 4) is 0 Å². The van der Waals surface area contributed by atoms with Gasteiger partial charge in [0.05, 0.1) is 6.42 Å². The van der Waals surface area contributed by atoms with Crippen LogP contribution in [0, 0.1) is 0 Å². The van der Waals surface area contributed by atoms with Gasteiger partial charge in [0.25, 0.3) is 5.91 Å². The molecule has 0 unspecified atom stereocenters. The van der Waals surface area contributed by atoms with Crippen LogP contribution in [0.25, 0.3) is 0 Å². The van der Waals surface area contributed by atoms with Crippen molar-refractivity contribution >= 4 is 11.9 Å². The Labute approximate surface area is 153 Å². The number of carboxylic acid groups (broad SMARTS) is 1. The Morgan fingerprint density at radius 3 is 2.23 bits per heavy atom. The van der Waals surface area contributed by atoms with Crippen LogP contribution >= 0.6 is 0 Å². The molecule has 1 heterocycles. The number of hydrogen-bond acceptors (Lipinski definition) is 3. The topological polar surface area (TPSA) is 60.9 Å². The molecule has 0 aromatic heterocycles. The smallest absolute Gasteiger partial charge is 0.305 e. The number of amides is 1. The first-order valence-corrected chi connectivity index (χ1v) is 8.90. The summed E-state index contributed by atoms with van der Waals surface area (Å²) in [6.45, 7) is 3.80. The van der Waals surface area contributed by atoms with Crippen LogP contribution in [0.4, 0.5) is 0 Å². The molecule has 26 heavy (non-hydrogen) atoms. The second kappa shape index (κ2) is 8.15. The zero-order chi connectivity index (χ0) is 18.5. The van der Waals surface area contributed by atoms with Crippen LogP contribution in [0.3, 0.4) is 0 Å². The number of carbonyl (C=O) groups excluding carboxylic acids is 1. The van der Waals surface area contributed by atoms with E-state index in [1.165, 1.54) is 0 Å². The standard InChI is InChI=1S/C21H24N2O3/c1-16-13-22(14-17-8-4-2-5-9-17)19(12-20(24)25)15-23(16)21(26)18-10-6-3-7-11-18/h2-11,16,19H,12-15H2,1H3,(H,24,25)/t16-,19-/m1/s1. The summed E-state index contributed by atoms with van der Waals surface area (Å²) in [5, 5.41) is 9.33. The predicted molar refractivity (Wildman–Crippen MR) is 99.8 cm³/mol. The van der Waals surface area contributed by atoms with E-state index in [1.54, 1.807) is 12.1 Å². The molecule has 3 rings (SSSR count). The van der Waals surface area contributed by atoms with Crippen molar-refractivity contribution in [2.24, 2.45) is 0 Å². The van der Waals surface area contributed by atoms with Gasteiger partial charge in [-0.1, -0.05) is 48.5 Å². The highest BCUT2D eigenvalue weighted by atomic mass is 16.4. The van der Waals surface area contributed by atoms with Crippen molar-refractivity contribution < 1.29 is 14.7 Å². The van der Waals surface area contributed by atoms with Gasteiger partial charge in [-0.15, -0.1) is 0 Å². The summed E-state index contributed by atoms with van der Waals surface area (Å²) in [6.07, 6.45) is 0.0259. The third kappa shape index (κ3) is 4.29. The van der Waals surface area contributed by atoms with Gasteiger partial charge in [0.1, 0.15) is 0 Å². The van der Waals surface area contributed by atoms with Crippen LogP contribution < -0.4 is 0 Å². The van der Waals surface area contributed by atoms with Crippen LogP contribution in [0.5, 0.6) is 0 Å². The fourth-order valence-electron chi connectivity index (χ4n) is 3.55. The van der Waals surface area contributed by atoms with Gasteiger partial charge < -0.3 is 10.0 Å². The van der Waals surface area contributed by atoms with Crippen molar-refractivity contribution in [2.75, 3.05) is 13.1 Å². The van der Waals surface area contributed by atoms with Crippen LogP contribution in [0.1, 0.15) is 29.3 Å². The first-order valence-electron chi connectivity index (χ1n) is 8.90. The zero-order valence-corrected chi connectivity index (χ0v) is 14.9. The summed E-state index contributed by atoms with van der Waals surface area (Å²) in [5.74, 6) is -0.873. The van der Waals surface area contributed by atoms with E-state index in [0.717, 1.165) is 5.56 Å². The highest BCUT2D eigenvalue weighted by Crippen LogP contribution is 2.22. The molecule has 5 heteroatoms. The molecular formula is C21H24N2O3. The van der Waals surface area contributed by atoms with E-state index >= 15 is 0 Å². The quantitative estimate of drug-likeness (QED) is 0.899. The Balaban J connectivity index is 1.78. The van der Waals surface area contributed by atoms with Crippen LogP contribution in [0.15, 0.2) is 60.7 Å². The lowest BCUT2D eigenvalue weighted by Gasteiger charge is -2.45. The van der Waals surface area contributed by atoms with Gasteiger partial charge in [0, 0.05) is 37.3 Å². The van der Waals surface area contributed by atoms with E-state index in [1.807, 2.05) is 60.4 Å². The number of nitrogens with zero attached hydrogens (tertiary/aromatic N) is 2. The lowest BCUT2D eigenvalue weighted by molar-refractivity contribution is -0.139. The maximum Gasteiger partial charge on any atom is 0.305 e. The maximum absolute atomic E-state index is 12.9. The molecule has 0 spiro atoms. The number of carbonyl (C=O) groups is 2. The first-order chi connectivity index (χ1) is 12.5. The fraction of sp³-hybridized carbons (Fsp3) is 0.333. The molecule has 2 aromatic rings. The summed E-state index contributed by atoms with van der Waals surface area (Å²) in [5.41, 5.74) is 1.79. The van der Waals surface area contributed by atoms with Gasteiger partial charge in [-0.2, -0.15) is 0 Å². The third-order valence-electron chi connectivity index (χ3n) is 4.87. The minimum Gasteiger partial charge on any atom is -0.481 e. The molecule has 1 aliphatic heterocycles. The molecular weight excluding hydrogens is 328 g/mol. The molecule has 1 saturated heterocycles. The third-order valence-corrected chi connectivity index (χ3v) is 4.87. The molecule has 1 aliphatic rings. The number of piperazine rings is 1. The normalized spacial score (nSPS) is 20.7. The minimum atomic E-state index is -0.838. The van der Waals surface area contributed by atoms with E-state index in [2.05, 4.69) is 4.90 Å². The van der Waals surface area contributed by atoms with Crippen molar-refractivity contribution in [2.45, 2.75) is 32.0 Å². The van der Waals surface area contributed by atoms with Crippen molar-refractivity contribution in [1.82, 2.24) is 9.80 Å². The van der Waals surface area contributed by atoms with E-state index < -0.39 is 5.97 Å². The fourth-order valence-corrected chi connectivity index (χ4v) is 3.55. The van der Waals surface area contributed by atoms with E-state index in [4.69, 9.17) is 0 Å². The zero-order valence-electron chi connectivity index (χ0n) is 14.9. The molecule has 1 fully saturated rings. The van der Waals surface area contributed by atoms with Gasteiger partial charge in [0.15, 0.2) is 0 Å². The van der Waals surface area contributed by atoms with Crippen molar-refractivity contribution in [3.63, 3.8) is 0 Å².